The predicted octanol–water partition coefficient (Wildman–Crippen LogP) is 5.17. The molecule has 32 heavy (non-hydrogen) atoms. The number of aryl methyl sites for hydroxylation is 2. The number of nitrogens with zero attached hydrogens (tertiary/aromatic N) is 1. The van der Waals surface area contributed by atoms with Crippen LogP contribution in [0.4, 0.5) is 11.4 Å². The van der Waals surface area contributed by atoms with Crippen molar-refractivity contribution in [3.8, 4) is 5.75 Å². The molecule has 6 nitrogen and oxygen atoms in total. The van der Waals surface area contributed by atoms with Crippen LogP contribution in [-0.2, 0) is 4.79 Å². The Morgan fingerprint density at radius 3 is 2.16 bits per heavy atom. The van der Waals surface area contributed by atoms with Gasteiger partial charge in [-0.3, -0.25) is 14.4 Å². The fourth-order valence-corrected chi connectivity index (χ4v) is 3.94. The quantitative estimate of drug-likeness (QED) is 0.528. The number of rotatable bonds is 6. The van der Waals surface area contributed by atoms with Gasteiger partial charge in [0, 0.05) is 5.69 Å². The smallest absolute Gasteiger partial charge is 0.266 e. The molecule has 0 fully saturated rings. The van der Waals surface area contributed by atoms with Crippen molar-refractivity contribution in [2.24, 2.45) is 0 Å². The van der Waals surface area contributed by atoms with E-state index in [0.29, 0.717) is 16.8 Å². The lowest BCUT2D eigenvalue weighted by Gasteiger charge is -2.17. The van der Waals surface area contributed by atoms with Gasteiger partial charge in [0.2, 0.25) is 5.91 Å². The highest BCUT2D eigenvalue weighted by Gasteiger charge is 2.37. The van der Waals surface area contributed by atoms with Crippen molar-refractivity contribution in [1.29, 1.82) is 0 Å². The van der Waals surface area contributed by atoms with E-state index >= 15 is 0 Å². The summed E-state index contributed by atoms with van der Waals surface area (Å²) in [6, 6.07) is 17.2. The first-order valence-electron chi connectivity index (χ1n) is 10.1. The van der Waals surface area contributed by atoms with Gasteiger partial charge in [-0.1, -0.05) is 41.9 Å². The van der Waals surface area contributed by atoms with Crippen LogP contribution in [0.5, 0.6) is 5.75 Å². The molecule has 0 bridgehead atoms. The Hall–Kier alpha value is -3.64. The first kappa shape index (κ1) is 21.6. The molecule has 0 radical (unpaired) electrons. The largest absolute Gasteiger partial charge is 0.493 e. The second-order valence-corrected chi connectivity index (χ2v) is 7.93. The normalized spacial score (nSPS) is 12.7. The Kier molecular flexibility index (Phi) is 5.97. The number of imide groups is 1. The maximum Gasteiger partial charge on any atom is 0.266 e. The third-order valence-corrected chi connectivity index (χ3v) is 5.55. The third-order valence-electron chi connectivity index (χ3n) is 5.25. The molecule has 1 aliphatic heterocycles. The average Bonchev–Trinajstić information content (AvgIpc) is 3.01. The molecule has 0 saturated carbocycles. The van der Waals surface area contributed by atoms with Gasteiger partial charge in [-0.2, -0.15) is 0 Å². The van der Waals surface area contributed by atoms with Crippen molar-refractivity contribution in [3.63, 3.8) is 0 Å². The monoisotopic (exact) mass is 448 g/mol. The Labute approximate surface area is 190 Å². The number of halogens is 1. The van der Waals surface area contributed by atoms with Gasteiger partial charge in [0.15, 0.2) is 0 Å². The zero-order valence-electron chi connectivity index (χ0n) is 17.6. The SMILES string of the molecule is Cc1cccc(C)c1OCCC(=O)Nc1ccc(N2C(=O)c3ccccc3C2=O)c(Cl)c1. The molecule has 162 valence electrons. The minimum atomic E-state index is -0.423. The van der Waals surface area contributed by atoms with E-state index < -0.39 is 11.8 Å². The molecule has 1 heterocycles. The number of carbonyl (C=O) groups excluding carboxylic acids is 3. The van der Waals surface area contributed by atoms with Crippen LogP contribution < -0.4 is 15.0 Å². The summed E-state index contributed by atoms with van der Waals surface area (Å²) in [6.45, 7) is 4.15. The highest BCUT2D eigenvalue weighted by atomic mass is 35.5. The van der Waals surface area contributed by atoms with Crippen LogP contribution in [0.1, 0.15) is 38.3 Å². The molecule has 0 unspecified atom stereocenters. The van der Waals surface area contributed by atoms with Crippen molar-refractivity contribution < 1.29 is 19.1 Å². The number of amides is 3. The number of fused-ring (bicyclic) bond motifs is 1. The van der Waals surface area contributed by atoms with Crippen LogP contribution >= 0.6 is 11.6 Å². The van der Waals surface area contributed by atoms with E-state index in [2.05, 4.69) is 5.32 Å². The van der Waals surface area contributed by atoms with Crippen LogP contribution in [-0.4, -0.2) is 24.3 Å². The lowest BCUT2D eigenvalue weighted by Crippen LogP contribution is -2.29. The van der Waals surface area contributed by atoms with E-state index in [1.807, 2.05) is 32.0 Å². The Balaban J connectivity index is 1.40. The molecule has 0 saturated heterocycles. The molecular formula is C25H21ClN2O4. The second kappa shape index (κ2) is 8.85. The highest BCUT2D eigenvalue weighted by Crippen LogP contribution is 2.34. The van der Waals surface area contributed by atoms with E-state index in [1.165, 1.54) is 6.07 Å². The lowest BCUT2D eigenvalue weighted by molar-refractivity contribution is -0.116. The van der Waals surface area contributed by atoms with Crippen molar-refractivity contribution in [2.75, 3.05) is 16.8 Å². The fraction of sp³-hybridized carbons (Fsp3) is 0.160. The van der Waals surface area contributed by atoms with Crippen LogP contribution in [0.15, 0.2) is 60.7 Å². The number of hydrogen-bond acceptors (Lipinski definition) is 4. The van der Waals surface area contributed by atoms with E-state index in [1.54, 1.807) is 36.4 Å². The van der Waals surface area contributed by atoms with Gasteiger partial charge < -0.3 is 10.1 Å². The summed E-state index contributed by atoms with van der Waals surface area (Å²) in [5.41, 5.74) is 3.45. The van der Waals surface area contributed by atoms with Crippen molar-refractivity contribution in [2.45, 2.75) is 20.3 Å². The second-order valence-electron chi connectivity index (χ2n) is 7.53. The van der Waals surface area contributed by atoms with Gasteiger partial charge in [-0.25, -0.2) is 4.90 Å². The van der Waals surface area contributed by atoms with Crippen LogP contribution in [0.2, 0.25) is 5.02 Å². The number of para-hydroxylation sites is 1. The lowest BCUT2D eigenvalue weighted by atomic mass is 10.1. The van der Waals surface area contributed by atoms with Crippen LogP contribution in [0.25, 0.3) is 0 Å². The Morgan fingerprint density at radius 2 is 1.56 bits per heavy atom. The third kappa shape index (κ3) is 4.09. The van der Waals surface area contributed by atoms with Crippen LogP contribution in [0.3, 0.4) is 0 Å². The van der Waals surface area contributed by atoms with Gasteiger partial charge in [0.25, 0.3) is 11.8 Å². The number of nitrogens with one attached hydrogen (secondary N) is 1. The van der Waals surface area contributed by atoms with Gasteiger partial charge in [-0.15, -0.1) is 0 Å². The molecule has 1 N–H and O–H groups in total. The highest BCUT2D eigenvalue weighted by molar-refractivity contribution is 6.40. The number of anilines is 2. The standard InChI is InChI=1S/C25H21ClN2O4/c1-15-6-5-7-16(2)23(15)32-13-12-22(29)27-17-10-11-21(20(26)14-17)28-24(30)18-8-3-4-9-19(18)25(28)31/h3-11,14H,12-13H2,1-2H3,(H,27,29). The summed E-state index contributed by atoms with van der Waals surface area (Å²) in [5, 5.41) is 2.95. The number of benzene rings is 3. The predicted molar refractivity (Wildman–Crippen MR) is 124 cm³/mol. The molecule has 3 aromatic rings. The number of ether oxygens (including phenoxy) is 1. The molecule has 0 atom stereocenters. The molecule has 1 aliphatic rings. The topological polar surface area (TPSA) is 75.7 Å². The van der Waals surface area contributed by atoms with E-state index in [-0.39, 0.29) is 29.6 Å². The minimum absolute atomic E-state index is 0.158. The average molecular weight is 449 g/mol. The number of carbonyl (C=O) groups is 3. The van der Waals surface area contributed by atoms with E-state index in [4.69, 9.17) is 16.3 Å². The zero-order valence-corrected chi connectivity index (χ0v) is 18.4. The molecule has 7 heteroatoms. The van der Waals surface area contributed by atoms with Gasteiger partial charge >= 0.3 is 0 Å². The van der Waals surface area contributed by atoms with Crippen molar-refractivity contribution in [3.05, 3.63) is 87.9 Å². The Morgan fingerprint density at radius 1 is 0.938 bits per heavy atom. The molecule has 0 aromatic heterocycles. The molecule has 3 amide bonds. The summed E-state index contributed by atoms with van der Waals surface area (Å²) in [7, 11) is 0. The first-order chi connectivity index (χ1) is 15.4. The Bertz CT molecular complexity index is 1180. The van der Waals surface area contributed by atoms with Gasteiger partial charge in [0.05, 0.1) is 34.9 Å². The maximum absolute atomic E-state index is 12.7. The van der Waals surface area contributed by atoms with Gasteiger partial charge in [-0.05, 0) is 55.3 Å². The summed E-state index contributed by atoms with van der Waals surface area (Å²) in [5.74, 6) is -0.296. The van der Waals surface area contributed by atoms with E-state index in [0.717, 1.165) is 21.8 Å². The summed E-state index contributed by atoms with van der Waals surface area (Å²) < 4.78 is 5.77. The van der Waals surface area contributed by atoms with Crippen LogP contribution in [0, 0.1) is 13.8 Å². The van der Waals surface area contributed by atoms with Gasteiger partial charge in [0.1, 0.15) is 5.75 Å². The maximum atomic E-state index is 12.7. The van der Waals surface area contributed by atoms with Crippen molar-refractivity contribution in [1.82, 2.24) is 0 Å². The van der Waals surface area contributed by atoms with Crippen molar-refractivity contribution >= 4 is 40.7 Å². The molecular weight excluding hydrogens is 428 g/mol. The zero-order chi connectivity index (χ0) is 22.8. The fourth-order valence-electron chi connectivity index (χ4n) is 3.67. The molecule has 3 aromatic carbocycles. The van der Waals surface area contributed by atoms with E-state index in [9.17, 15) is 14.4 Å². The molecule has 0 aliphatic carbocycles. The minimum Gasteiger partial charge on any atom is -0.493 e. The molecule has 4 rings (SSSR count). The summed E-state index contributed by atoms with van der Waals surface area (Å²) >= 11 is 6.36. The summed E-state index contributed by atoms with van der Waals surface area (Å²) in [4.78, 5) is 38.7. The summed E-state index contributed by atoms with van der Waals surface area (Å²) in [6.07, 6.45) is 0.158. The molecule has 0 spiro atoms. The number of hydrogen-bond donors (Lipinski definition) is 1. The first-order valence-corrected chi connectivity index (χ1v) is 10.5.